The van der Waals surface area contributed by atoms with Gasteiger partial charge in [-0.15, -0.1) is 0 Å². The van der Waals surface area contributed by atoms with E-state index in [1.165, 1.54) is 12.1 Å². The van der Waals surface area contributed by atoms with Gasteiger partial charge in [0.25, 0.3) is 0 Å². The number of rotatable bonds is 5. The zero-order chi connectivity index (χ0) is 13.9. The third-order valence-electron chi connectivity index (χ3n) is 3.09. The molecule has 4 heteroatoms. The molecule has 0 saturated heterocycles. The molecular formula is C14H20BrF2N. The van der Waals surface area contributed by atoms with E-state index in [4.69, 9.17) is 0 Å². The number of hydrogen-bond donors (Lipinski definition) is 1. The molecular weight excluding hydrogens is 300 g/mol. The molecule has 1 aromatic carbocycles. The van der Waals surface area contributed by atoms with Crippen LogP contribution < -0.4 is 5.32 Å². The number of benzene rings is 1. The first-order valence-electron chi connectivity index (χ1n) is 6.17. The van der Waals surface area contributed by atoms with Gasteiger partial charge in [-0.2, -0.15) is 0 Å². The number of halogens is 3. The van der Waals surface area contributed by atoms with Crippen LogP contribution in [0.15, 0.2) is 16.6 Å². The minimum atomic E-state index is -0.556. The summed E-state index contributed by atoms with van der Waals surface area (Å²) in [5, 5.41) is 3.27. The van der Waals surface area contributed by atoms with Crippen LogP contribution in [0, 0.1) is 11.6 Å². The fourth-order valence-electron chi connectivity index (χ4n) is 2.44. The molecule has 1 nitrogen and oxygen atoms in total. The Morgan fingerprint density at radius 3 is 2.50 bits per heavy atom. The molecule has 0 aliphatic carbocycles. The number of nitrogens with one attached hydrogen (secondary N) is 1. The molecule has 0 fully saturated rings. The lowest BCUT2D eigenvalue weighted by Crippen LogP contribution is -2.34. The van der Waals surface area contributed by atoms with Gasteiger partial charge in [0.2, 0.25) is 0 Å². The zero-order valence-electron chi connectivity index (χ0n) is 11.3. The van der Waals surface area contributed by atoms with E-state index in [-0.39, 0.29) is 11.6 Å². The molecule has 1 atom stereocenters. The largest absolute Gasteiger partial charge is 0.315 e. The van der Waals surface area contributed by atoms with Crippen LogP contribution in [0.25, 0.3) is 0 Å². The molecule has 0 bridgehead atoms. The maximum absolute atomic E-state index is 14.1. The maximum Gasteiger partial charge on any atom is 0.144 e. The summed E-state index contributed by atoms with van der Waals surface area (Å²) in [4.78, 5) is 0. The molecule has 1 rings (SSSR count). The highest BCUT2D eigenvalue weighted by Gasteiger charge is 2.30. The summed E-state index contributed by atoms with van der Waals surface area (Å²) in [7, 11) is 0. The van der Waals surface area contributed by atoms with Crippen LogP contribution in [0.1, 0.15) is 39.7 Å². The molecule has 18 heavy (non-hydrogen) atoms. The normalized spacial score (nSPS) is 13.7. The Hall–Kier alpha value is -0.480. The van der Waals surface area contributed by atoms with Crippen molar-refractivity contribution in [2.75, 3.05) is 6.54 Å². The van der Waals surface area contributed by atoms with Gasteiger partial charge < -0.3 is 5.32 Å². The van der Waals surface area contributed by atoms with Crippen LogP contribution >= 0.6 is 15.9 Å². The molecule has 0 saturated carbocycles. The second-order valence-corrected chi connectivity index (χ2v) is 6.12. The van der Waals surface area contributed by atoms with Crippen LogP contribution in [0.3, 0.4) is 0 Å². The van der Waals surface area contributed by atoms with E-state index in [9.17, 15) is 8.78 Å². The van der Waals surface area contributed by atoms with Gasteiger partial charge in [0, 0.05) is 11.6 Å². The van der Waals surface area contributed by atoms with Gasteiger partial charge in [-0.1, -0.05) is 20.8 Å². The first-order valence-corrected chi connectivity index (χ1v) is 6.96. The molecule has 0 aliphatic rings. The summed E-state index contributed by atoms with van der Waals surface area (Å²) in [6.07, 6.45) is 0.672. The Morgan fingerprint density at radius 2 is 1.94 bits per heavy atom. The van der Waals surface area contributed by atoms with Crippen LogP contribution in [-0.4, -0.2) is 12.6 Å². The highest BCUT2D eigenvalue weighted by Crippen LogP contribution is 2.35. The molecule has 0 aromatic heterocycles. The van der Waals surface area contributed by atoms with Crippen LogP contribution in [-0.2, 0) is 5.41 Å². The fraction of sp³-hybridized carbons (Fsp3) is 0.571. The molecule has 102 valence electrons. The second kappa shape index (κ2) is 6.11. The van der Waals surface area contributed by atoms with Gasteiger partial charge in [0.05, 0.1) is 4.47 Å². The highest BCUT2D eigenvalue weighted by molar-refractivity contribution is 9.10. The van der Waals surface area contributed by atoms with Gasteiger partial charge >= 0.3 is 0 Å². The molecule has 0 heterocycles. The minimum Gasteiger partial charge on any atom is -0.315 e. The molecule has 0 spiro atoms. The predicted octanol–water partition coefficient (Wildman–Crippen LogP) is 4.39. The van der Waals surface area contributed by atoms with E-state index in [0.717, 1.165) is 6.54 Å². The lowest BCUT2D eigenvalue weighted by molar-refractivity contribution is 0.366. The van der Waals surface area contributed by atoms with Crippen molar-refractivity contribution in [2.45, 2.75) is 45.6 Å². The van der Waals surface area contributed by atoms with Crippen molar-refractivity contribution in [1.29, 1.82) is 0 Å². The van der Waals surface area contributed by atoms with E-state index >= 15 is 0 Å². The average Bonchev–Trinajstić information content (AvgIpc) is 2.23. The van der Waals surface area contributed by atoms with Crippen LogP contribution in [0.4, 0.5) is 8.78 Å². The van der Waals surface area contributed by atoms with Crippen molar-refractivity contribution in [3.05, 3.63) is 33.8 Å². The first-order chi connectivity index (χ1) is 8.29. The van der Waals surface area contributed by atoms with Crippen molar-refractivity contribution in [2.24, 2.45) is 0 Å². The van der Waals surface area contributed by atoms with E-state index in [0.29, 0.717) is 10.9 Å². The van der Waals surface area contributed by atoms with Gasteiger partial charge in [0.1, 0.15) is 11.6 Å². The summed E-state index contributed by atoms with van der Waals surface area (Å²) in [5.41, 5.74) is -0.402. The maximum atomic E-state index is 14.1. The average molecular weight is 320 g/mol. The summed E-state index contributed by atoms with van der Waals surface area (Å²) < 4.78 is 28.3. The summed E-state index contributed by atoms with van der Waals surface area (Å²) >= 11 is 3.11. The predicted molar refractivity (Wildman–Crippen MR) is 74.8 cm³/mol. The third-order valence-corrected chi connectivity index (χ3v) is 3.70. The van der Waals surface area contributed by atoms with Crippen molar-refractivity contribution >= 4 is 15.9 Å². The van der Waals surface area contributed by atoms with Gasteiger partial charge in [-0.3, -0.25) is 0 Å². The molecule has 0 radical (unpaired) electrons. The van der Waals surface area contributed by atoms with Gasteiger partial charge in [-0.25, -0.2) is 8.78 Å². The van der Waals surface area contributed by atoms with Crippen LogP contribution in [0.2, 0.25) is 0 Å². The Balaban J connectivity index is 3.08. The minimum absolute atomic E-state index is 0.154. The lowest BCUT2D eigenvalue weighted by atomic mass is 9.78. The van der Waals surface area contributed by atoms with E-state index in [1.54, 1.807) is 0 Å². The Bertz CT molecular complexity index is 419. The zero-order valence-corrected chi connectivity index (χ0v) is 12.9. The van der Waals surface area contributed by atoms with Crippen molar-refractivity contribution in [3.63, 3.8) is 0 Å². The van der Waals surface area contributed by atoms with E-state index in [1.807, 2.05) is 27.7 Å². The Kier molecular flexibility index (Phi) is 5.29. The van der Waals surface area contributed by atoms with E-state index in [2.05, 4.69) is 21.2 Å². The summed E-state index contributed by atoms with van der Waals surface area (Å²) in [6, 6.07) is 2.92. The quantitative estimate of drug-likeness (QED) is 0.793. The number of hydrogen-bond acceptors (Lipinski definition) is 1. The first kappa shape index (κ1) is 15.6. The summed E-state index contributed by atoms with van der Waals surface area (Å²) in [6.45, 7) is 8.63. The standard InChI is InChI=1S/C14H20BrF2N/c1-5-18-9(2)8-14(3,4)12-11(16)7-6-10(15)13(12)17/h6-7,9,18H,5,8H2,1-4H3. The topological polar surface area (TPSA) is 12.0 Å². The molecule has 1 N–H and O–H groups in total. The summed E-state index contributed by atoms with van der Waals surface area (Å²) in [5.74, 6) is -0.979. The van der Waals surface area contributed by atoms with Crippen LogP contribution in [0.5, 0.6) is 0 Å². The fourth-order valence-corrected chi connectivity index (χ4v) is 2.77. The molecule has 1 unspecified atom stereocenters. The van der Waals surface area contributed by atoms with Gasteiger partial charge in [-0.05, 0) is 53.4 Å². The SMILES string of the molecule is CCNC(C)CC(C)(C)c1c(F)ccc(Br)c1F. The molecule has 1 aromatic rings. The smallest absolute Gasteiger partial charge is 0.144 e. The van der Waals surface area contributed by atoms with Crippen molar-refractivity contribution < 1.29 is 8.78 Å². The third kappa shape index (κ3) is 3.51. The molecule has 0 amide bonds. The monoisotopic (exact) mass is 319 g/mol. The van der Waals surface area contributed by atoms with Crippen molar-refractivity contribution in [1.82, 2.24) is 5.32 Å². The highest BCUT2D eigenvalue weighted by atomic mass is 79.9. The molecule has 0 aliphatic heterocycles. The van der Waals surface area contributed by atoms with E-state index < -0.39 is 17.0 Å². The van der Waals surface area contributed by atoms with Gasteiger partial charge in [0.15, 0.2) is 0 Å². The van der Waals surface area contributed by atoms with Crippen molar-refractivity contribution in [3.8, 4) is 0 Å². The second-order valence-electron chi connectivity index (χ2n) is 5.26. The Labute approximate surface area is 116 Å². The Morgan fingerprint density at radius 1 is 1.33 bits per heavy atom. The lowest BCUT2D eigenvalue weighted by Gasteiger charge is -2.30.